The van der Waals surface area contributed by atoms with Crippen LogP contribution in [0.15, 0.2) is 79.1 Å². The monoisotopic (exact) mass is 417 g/mol. The van der Waals surface area contributed by atoms with Crippen LogP contribution in [-0.4, -0.2) is 34.3 Å². The highest BCUT2D eigenvalue weighted by Crippen LogP contribution is 2.13. The van der Waals surface area contributed by atoms with E-state index in [2.05, 4.69) is 10.4 Å². The summed E-state index contributed by atoms with van der Waals surface area (Å²) in [6, 6.07) is 19.9. The predicted octanol–water partition coefficient (Wildman–Crippen LogP) is 3.80. The number of rotatable bonds is 9. The number of hydrogen-bond donors (Lipinski definition) is 1. The summed E-state index contributed by atoms with van der Waals surface area (Å²) in [7, 11) is 0. The van der Waals surface area contributed by atoms with E-state index in [9.17, 15) is 9.59 Å². The molecule has 0 saturated carbocycles. The molecule has 3 rings (SSSR count). The summed E-state index contributed by atoms with van der Waals surface area (Å²) < 4.78 is 7.01. The van der Waals surface area contributed by atoms with Crippen molar-refractivity contribution in [2.75, 3.05) is 6.54 Å². The Morgan fingerprint density at radius 3 is 2.45 bits per heavy atom. The van der Waals surface area contributed by atoms with Crippen molar-refractivity contribution < 1.29 is 14.3 Å². The van der Waals surface area contributed by atoms with Gasteiger partial charge in [0.15, 0.2) is 6.10 Å². The Morgan fingerprint density at radius 1 is 1.06 bits per heavy atom. The van der Waals surface area contributed by atoms with Gasteiger partial charge in [-0.25, -0.2) is 4.79 Å². The van der Waals surface area contributed by atoms with Gasteiger partial charge in [0.05, 0.1) is 12.7 Å². The summed E-state index contributed by atoms with van der Waals surface area (Å²) in [4.78, 5) is 24.3. The molecule has 6 heteroatoms. The van der Waals surface area contributed by atoms with Gasteiger partial charge in [0.2, 0.25) is 0 Å². The number of nitrogens with zero attached hydrogens (tertiary/aromatic N) is 2. The molecule has 1 aromatic heterocycles. The summed E-state index contributed by atoms with van der Waals surface area (Å²) in [5, 5.41) is 7.13. The van der Waals surface area contributed by atoms with E-state index < -0.39 is 12.1 Å². The molecular formula is C25H27N3O3. The lowest BCUT2D eigenvalue weighted by molar-refractivity contribution is -0.150. The first kappa shape index (κ1) is 22.0. The van der Waals surface area contributed by atoms with E-state index in [-0.39, 0.29) is 11.8 Å². The fourth-order valence-corrected chi connectivity index (χ4v) is 3.05. The van der Waals surface area contributed by atoms with Crippen LogP contribution in [0.2, 0.25) is 0 Å². The Balaban J connectivity index is 1.44. The number of ether oxygens (including phenoxy) is 1. The SMILES string of the molecule is C[C@H](OC(=O)/C=C/c1cnn(Cc2ccccc2)c1)C(=O)NC[C@@H](C)c1ccccc1. The van der Waals surface area contributed by atoms with Gasteiger partial charge in [-0.1, -0.05) is 67.6 Å². The maximum absolute atomic E-state index is 12.2. The first-order chi connectivity index (χ1) is 15.0. The number of esters is 1. The molecule has 2 aromatic carbocycles. The number of nitrogens with one attached hydrogen (secondary N) is 1. The number of aromatic nitrogens is 2. The highest BCUT2D eigenvalue weighted by Gasteiger charge is 2.17. The van der Waals surface area contributed by atoms with Gasteiger partial charge in [0.1, 0.15) is 0 Å². The summed E-state index contributed by atoms with van der Waals surface area (Å²) in [6.45, 7) is 4.72. The second kappa shape index (κ2) is 10.9. The summed E-state index contributed by atoms with van der Waals surface area (Å²) in [5.41, 5.74) is 3.06. The molecule has 0 unspecified atom stereocenters. The van der Waals surface area contributed by atoms with Crippen LogP contribution in [0.5, 0.6) is 0 Å². The third-order valence-corrected chi connectivity index (χ3v) is 4.87. The van der Waals surface area contributed by atoms with Crippen LogP contribution < -0.4 is 5.32 Å². The highest BCUT2D eigenvalue weighted by molar-refractivity contribution is 5.90. The summed E-state index contributed by atoms with van der Waals surface area (Å²) in [6.07, 6.45) is 5.58. The number of carbonyl (C=O) groups excluding carboxylic acids is 2. The van der Waals surface area contributed by atoms with E-state index in [0.717, 1.165) is 16.7 Å². The van der Waals surface area contributed by atoms with Gasteiger partial charge in [0, 0.05) is 24.4 Å². The van der Waals surface area contributed by atoms with Crippen LogP contribution in [0.1, 0.15) is 36.5 Å². The lowest BCUT2D eigenvalue weighted by Gasteiger charge is -2.16. The Bertz CT molecular complexity index is 1010. The number of amides is 1. The van der Waals surface area contributed by atoms with Crippen molar-refractivity contribution in [1.82, 2.24) is 15.1 Å². The normalized spacial score (nSPS) is 13.0. The van der Waals surface area contributed by atoms with Crippen LogP contribution >= 0.6 is 0 Å². The Labute approximate surface area is 182 Å². The average molecular weight is 418 g/mol. The molecule has 0 radical (unpaired) electrons. The minimum absolute atomic E-state index is 0.167. The average Bonchev–Trinajstić information content (AvgIpc) is 3.24. The van der Waals surface area contributed by atoms with Crippen molar-refractivity contribution in [1.29, 1.82) is 0 Å². The lowest BCUT2D eigenvalue weighted by atomic mass is 10.0. The number of hydrogen-bond acceptors (Lipinski definition) is 4. The molecule has 0 fully saturated rings. The van der Waals surface area contributed by atoms with Gasteiger partial charge < -0.3 is 10.1 Å². The molecule has 160 valence electrons. The van der Waals surface area contributed by atoms with Crippen molar-refractivity contribution >= 4 is 18.0 Å². The van der Waals surface area contributed by atoms with E-state index in [1.54, 1.807) is 23.9 Å². The van der Waals surface area contributed by atoms with Gasteiger partial charge >= 0.3 is 5.97 Å². The standard InChI is InChI=1S/C25H27N3O3/c1-19(23-11-7-4-8-12-23)15-26-25(30)20(2)31-24(29)14-13-22-16-27-28(18-22)17-21-9-5-3-6-10-21/h3-14,16,18-20H,15,17H2,1-2H3,(H,26,30)/b14-13+/t19-,20+/m1/s1. The van der Waals surface area contributed by atoms with Crippen LogP contribution in [0.25, 0.3) is 6.08 Å². The van der Waals surface area contributed by atoms with Crippen LogP contribution in [0.4, 0.5) is 0 Å². The lowest BCUT2D eigenvalue weighted by Crippen LogP contribution is -2.37. The van der Waals surface area contributed by atoms with E-state index in [0.29, 0.717) is 13.1 Å². The largest absolute Gasteiger partial charge is 0.449 e. The molecule has 0 aliphatic rings. The first-order valence-corrected chi connectivity index (χ1v) is 10.3. The van der Waals surface area contributed by atoms with Crippen LogP contribution in [0, 0.1) is 0 Å². The minimum atomic E-state index is -0.874. The van der Waals surface area contributed by atoms with Crippen molar-refractivity contribution in [3.05, 3.63) is 95.8 Å². The maximum Gasteiger partial charge on any atom is 0.331 e. The van der Waals surface area contributed by atoms with Crippen LogP contribution in [0.3, 0.4) is 0 Å². The number of benzene rings is 2. The van der Waals surface area contributed by atoms with E-state index in [4.69, 9.17) is 4.74 Å². The molecular weight excluding hydrogens is 390 g/mol. The van der Waals surface area contributed by atoms with Gasteiger partial charge in [-0.3, -0.25) is 9.48 Å². The highest BCUT2D eigenvalue weighted by atomic mass is 16.5. The zero-order valence-corrected chi connectivity index (χ0v) is 17.8. The van der Waals surface area contributed by atoms with E-state index in [1.807, 2.05) is 73.8 Å². The molecule has 31 heavy (non-hydrogen) atoms. The summed E-state index contributed by atoms with van der Waals surface area (Å²) in [5.74, 6) is -0.727. The first-order valence-electron chi connectivity index (χ1n) is 10.3. The Kier molecular flexibility index (Phi) is 7.76. The maximum atomic E-state index is 12.2. The molecule has 1 heterocycles. The molecule has 0 spiro atoms. The third-order valence-electron chi connectivity index (χ3n) is 4.87. The predicted molar refractivity (Wildman–Crippen MR) is 120 cm³/mol. The van der Waals surface area contributed by atoms with Crippen molar-refractivity contribution in [3.8, 4) is 0 Å². The van der Waals surface area contributed by atoms with Gasteiger partial charge in [-0.05, 0) is 30.0 Å². The third kappa shape index (κ3) is 6.96. The fraction of sp³-hybridized carbons (Fsp3) is 0.240. The Hall–Kier alpha value is -3.67. The second-order valence-electron chi connectivity index (χ2n) is 7.43. The minimum Gasteiger partial charge on any atom is -0.449 e. The van der Waals surface area contributed by atoms with Crippen LogP contribution in [-0.2, 0) is 20.9 Å². The zero-order chi connectivity index (χ0) is 22.1. The van der Waals surface area contributed by atoms with E-state index >= 15 is 0 Å². The van der Waals surface area contributed by atoms with Gasteiger partial charge in [0.25, 0.3) is 5.91 Å². The molecule has 1 amide bonds. The molecule has 6 nitrogen and oxygen atoms in total. The Morgan fingerprint density at radius 2 is 1.74 bits per heavy atom. The van der Waals surface area contributed by atoms with Crippen molar-refractivity contribution in [3.63, 3.8) is 0 Å². The zero-order valence-electron chi connectivity index (χ0n) is 17.8. The molecule has 0 saturated heterocycles. The molecule has 0 aliphatic heterocycles. The van der Waals surface area contributed by atoms with E-state index in [1.165, 1.54) is 6.08 Å². The van der Waals surface area contributed by atoms with Crippen molar-refractivity contribution in [2.45, 2.75) is 32.4 Å². The number of carbonyl (C=O) groups is 2. The molecule has 2 atom stereocenters. The van der Waals surface area contributed by atoms with Gasteiger partial charge in [-0.15, -0.1) is 0 Å². The smallest absolute Gasteiger partial charge is 0.331 e. The molecule has 1 N–H and O–H groups in total. The summed E-state index contributed by atoms with van der Waals surface area (Å²) >= 11 is 0. The topological polar surface area (TPSA) is 73.2 Å². The van der Waals surface area contributed by atoms with Crippen molar-refractivity contribution in [2.24, 2.45) is 0 Å². The molecule has 3 aromatic rings. The molecule has 0 bridgehead atoms. The molecule has 0 aliphatic carbocycles. The van der Waals surface area contributed by atoms with Gasteiger partial charge in [-0.2, -0.15) is 5.10 Å². The second-order valence-corrected chi connectivity index (χ2v) is 7.43. The fourth-order valence-electron chi connectivity index (χ4n) is 3.05. The quantitative estimate of drug-likeness (QED) is 0.425.